The molecule has 0 saturated carbocycles. The Bertz CT molecular complexity index is 1530. The molecule has 1 fully saturated rings. The van der Waals surface area contributed by atoms with Crippen LogP contribution in [0.1, 0.15) is 33.3 Å². The maximum absolute atomic E-state index is 13.3. The van der Waals surface area contributed by atoms with Gasteiger partial charge in [-0.1, -0.05) is 53.3 Å². The molecule has 1 N–H and O–H groups in total. The van der Waals surface area contributed by atoms with Crippen LogP contribution in [0.3, 0.4) is 0 Å². The highest BCUT2D eigenvalue weighted by Crippen LogP contribution is 2.43. The Balaban J connectivity index is 1.50. The Hall–Kier alpha value is -4.50. The molecular formula is C29H25N3O5S. The molecule has 0 radical (unpaired) electrons. The van der Waals surface area contributed by atoms with Gasteiger partial charge < -0.3 is 14.6 Å². The number of rotatable bonds is 7. The zero-order chi connectivity index (χ0) is 26.8. The average molecular weight is 528 g/mol. The molecule has 192 valence electrons. The van der Waals surface area contributed by atoms with Crippen LogP contribution in [0.15, 0.2) is 78.4 Å². The Morgan fingerprint density at radius 3 is 2.32 bits per heavy atom. The number of ether oxygens (including phenoxy) is 2. The minimum atomic E-state index is -0.884. The molecule has 8 nitrogen and oxygen atoms in total. The third-order valence-electron chi connectivity index (χ3n) is 6.21. The number of carbonyl (C=O) groups is 2. The lowest BCUT2D eigenvalue weighted by Gasteiger charge is -2.22. The molecule has 1 aliphatic rings. The van der Waals surface area contributed by atoms with E-state index in [0.717, 1.165) is 11.1 Å². The Morgan fingerprint density at radius 1 is 0.974 bits per heavy atom. The van der Waals surface area contributed by atoms with Crippen molar-refractivity contribution in [2.45, 2.75) is 26.5 Å². The Morgan fingerprint density at radius 2 is 1.68 bits per heavy atom. The van der Waals surface area contributed by atoms with Crippen molar-refractivity contribution in [2.24, 2.45) is 0 Å². The first kappa shape index (κ1) is 25.2. The lowest BCUT2D eigenvalue weighted by atomic mass is 9.95. The number of amides is 1. The third-order valence-corrected chi connectivity index (χ3v) is 7.05. The second kappa shape index (κ2) is 10.5. The van der Waals surface area contributed by atoms with E-state index < -0.39 is 17.7 Å². The summed E-state index contributed by atoms with van der Waals surface area (Å²) in [6.45, 7) is 4.19. The van der Waals surface area contributed by atoms with Crippen molar-refractivity contribution in [1.29, 1.82) is 0 Å². The van der Waals surface area contributed by atoms with E-state index >= 15 is 0 Å². The number of methoxy groups -OCH3 is 1. The normalized spacial score (nSPS) is 16.6. The van der Waals surface area contributed by atoms with Gasteiger partial charge in [-0.15, -0.1) is 10.2 Å². The molecule has 1 aromatic heterocycles. The summed E-state index contributed by atoms with van der Waals surface area (Å²) in [6, 6.07) is 20.9. The van der Waals surface area contributed by atoms with Gasteiger partial charge in [0.2, 0.25) is 5.13 Å². The van der Waals surface area contributed by atoms with E-state index in [1.807, 2.05) is 25.1 Å². The quantitative estimate of drug-likeness (QED) is 0.196. The monoisotopic (exact) mass is 527 g/mol. The Labute approximate surface area is 223 Å². The van der Waals surface area contributed by atoms with Gasteiger partial charge in [-0.25, -0.2) is 0 Å². The molecule has 2 heterocycles. The fourth-order valence-corrected chi connectivity index (χ4v) is 5.06. The summed E-state index contributed by atoms with van der Waals surface area (Å²) in [5.41, 5.74) is 3.18. The number of aliphatic hydroxyl groups is 1. The predicted molar refractivity (Wildman–Crippen MR) is 144 cm³/mol. The van der Waals surface area contributed by atoms with Gasteiger partial charge in [0.1, 0.15) is 28.9 Å². The van der Waals surface area contributed by atoms with Gasteiger partial charge in [0.25, 0.3) is 5.78 Å². The molecule has 0 bridgehead atoms. The summed E-state index contributed by atoms with van der Waals surface area (Å²) >= 11 is 1.20. The number of anilines is 1. The zero-order valence-electron chi connectivity index (χ0n) is 21.0. The van der Waals surface area contributed by atoms with Gasteiger partial charge >= 0.3 is 5.91 Å². The number of aryl methyl sites for hydroxylation is 2. The molecule has 9 heteroatoms. The van der Waals surface area contributed by atoms with Crippen molar-refractivity contribution in [3.63, 3.8) is 0 Å². The molecule has 0 aliphatic carbocycles. The zero-order valence-corrected chi connectivity index (χ0v) is 21.9. The van der Waals surface area contributed by atoms with E-state index in [-0.39, 0.29) is 16.5 Å². The van der Waals surface area contributed by atoms with Gasteiger partial charge in [0.05, 0.1) is 18.7 Å². The second-order valence-corrected chi connectivity index (χ2v) is 10.0. The second-order valence-electron chi connectivity index (χ2n) is 8.85. The van der Waals surface area contributed by atoms with Crippen molar-refractivity contribution < 1.29 is 24.2 Å². The summed E-state index contributed by atoms with van der Waals surface area (Å²) in [6.07, 6.45) is 0. The van der Waals surface area contributed by atoms with Crippen LogP contribution in [0.5, 0.6) is 11.5 Å². The molecule has 5 rings (SSSR count). The van der Waals surface area contributed by atoms with E-state index in [1.165, 1.54) is 16.2 Å². The first-order chi connectivity index (χ1) is 18.4. The van der Waals surface area contributed by atoms with Gasteiger partial charge in [-0.3, -0.25) is 14.5 Å². The smallest absolute Gasteiger partial charge is 0.301 e. The number of Topliss-reactive ketones (excluding diaryl/α,β-unsaturated/α-hetero) is 1. The molecule has 1 saturated heterocycles. The first-order valence-electron chi connectivity index (χ1n) is 11.9. The van der Waals surface area contributed by atoms with Gasteiger partial charge in [0, 0.05) is 5.56 Å². The maximum atomic E-state index is 13.3. The number of hydrogen-bond donors (Lipinski definition) is 1. The van der Waals surface area contributed by atoms with E-state index in [0.29, 0.717) is 34.2 Å². The number of carbonyl (C=O) groups excluding carboxylic acids is 2. The molecule has 4 aromatic rings. The SMILES string of the molecule is COc1ccc(C2/C(=C(/O)c3ccc(OCc4cccc(C)c4)cc3)C(=O)C(=O)N2c2nnc(C)s2)cc1. The van der Waals surface area contributed by atoms with Crippen LogP contribution >= 0.6 is 11.3 Å². The standard InChI is InChI=1S/C29H25N3O5S/c1-17-5-4-6-19(15-17)16-37-23-13-9-21(10-14-23)26(33)24-25(20-7-11-22(36-3)12-8-20)32(28(35)27(24)34)29-31-30-18(2)38-29/h4-15,25,33H,16H2,1-3H3/b26-24-. The van der Waals surface area contributed by atoms with E-state index in [1.54, 1.807) is 62.6 Å². The van der Waals surface area contributed by atoms with Crippen molar-refractivity contribution in [1.82, 2.24) is 10.2 Å². The minimum absolute atomic E-state index is 0.0264. The maximum Gasteiger partial charge on any atom is 0.301 e. The van der Waals surface area contributed by atoms with Gasteiger partial charge in [-0.2, -0.15) is 0 Å². The number of benzene rings is 3. The summed E-state index contributed by atoms with van der Waals surface area (Å²) in [7, 11) is 1.55. The molecular weight excluding hydrogens is 502 g/mol. The molecule has 1 atom stereocenters. The number of aliphatic hydroxyl groups excluding tert-OH is 1. The van der Waals surface area contributed by atoms with Crippen molar-refractivity contribution in [3.05, 3.63) is 106 Å². The predicted octanol–water partition coefficient (Wildman–Crippen LogP) is 5.37. The van der Waals surface area contributed by atoms with Crippen LogP contribution in [-0.4, -0.2) is 34.1 Å². The fourth-order valence-electron chi connectivity index (χ4n) is 4.35. The summed E-state index contributed by atoms with van der Waals surface area (Å²) < 4.78 is 11.1. The van der Waals surface area contributed by atoms with Crippen LogP contribution in [-0.2, 0) is 16.2 Å². The third kappa shape index (κ3) is 4.88. The molecule has 1 aliphatic heterocycles. The highest BCUT2D eigenvalue weighted by atomic mass is 32.1. The molecule has 1 unspecified atom stereocenters. The minimum Gasteiger partial charge on any atom is -0.507 e. The number of nitrogens with zero attached hydrogens (tertiary/aromatic N) is 3. The summed E-state index contributed by atoms with van der Waals surface area (Å²) in [5, 5.41) is 20.4. The fraction of sp³-hybridized carbons (Fsp3) is 0.172. The van der Waals surface area contributed by atoms with Gasteiger partial charge in [-0.05, 0) is 61.4 Å². The number of hydrogen-bond acceptors (Lipinski definition) is 8. The Kier molecular flexibility index (Phi) is 6.93. The van der Waals surface area contributed by atoms with Crippen LogP contribution in [0.2, 0.25) is 0 Å². The van der Waals surface area contributed by atoms with Crippen LogP contribution in [0, 0.1) is 13.8 Å². The van der Waals surface area contributed by atoms with Crippen molar-refractivity contribution >= 4 is 33.9 Å². The van der Waals surface area contributed by atoms with E-state index in [9.17, 15) is 14.7 Å². The van der Waals surface area contributed by atoms with Crippen LogP contribution in [0.25, 0.3) is 5.76 Å². The van der Waals surface area contributed by atoms with E-state index in [4.69, 9.17) is 9.47 Å². The lowest BCUT2D eigenvalue weighted by Crippen LogP contribution is -2.29. The van der Waals surface area contributed by atoms with Crippen LogP contribution in [0.4, 0.5) is 5.13 Å². The number of aromatic nitrogens is 2. The van der Waals surface area contributed by atoms with Crippen LogP contribution < -0.4 is 14.4 Å². The molecule has 1 amide bonds. The van der Waals surface area contributed by atoms with E-state index in [2.05, 4.69) is 16.3 Å². The van der Waals surface area contributed by atoms with Crippen molar-refractivity contribution in [2.75, 3.05) is 12.0 Å². The molecule has 0 spiro atoms. The largest absolute Gasteiger partial charge is 0.507 e. The first-order valence-corrected chi connectivity index (χ1v) is 12.7. The van der Waals surface area contributed by atoms with Gasteiger partial charge in [0.15, 0.2) is 0 Å². The summed E-state index contributed by atoms with van der Waals surface area (Å²) in [4.78, 5) is 27.8. The topological polar surface area (TPSA) is 102 Å². The molecule has 3 aromatic carbocycles. The summed E-state index contributed by atoms with van der Waals surface area (Å²) in [5.74, 6) is -0.617. The highest BCUT2D eigenvalue weighted by Gasteiger charge is 2.48. The average Bonchev–Trinajstić information content (AvgIpc) is 3.47. The lowest BCUT2D eigenvalue weighted by molar-refractivity contribution is -0.132. The number of ketones is 1. The molecule has 38 heavy (non-hydrogen) atoms. The highest BCUT2D eigenvalue weighted by molar-refractivity contribution is 7.15. The van der Waals surface area contributed by atoms with Crippen molar-refractivity contribution in [3.8, 4) is 11.5 Å².